The summed E-state index contributed by atoms with van der Waals surface area (Å²) in [5.41, 5.74) is 0. The molecule has 4 nitrogen and oxygen atoms in total. The topological polar surface area (TPSA) is 35.6 Å². The Bertz CT molecular complexity index is 399. The maximum atomic E-state index is 12.5. The highest BCUT2D eigenvalue weighted by Crippen LogP contribution is 2.29. The van der Waals surface area contributed by atoms with Crippen molar-refractivity contribution in [1.82, 2.24) is 15.1 Å². The molecule has 1 aliphatic carbocycles. The summed E-state index contributed by atoms with van der Waals surface area (Å²) >= 11 is 0. The van der Waals surface area contributed by atoms with E-state index in [1.165, 1.54) is 12.8 Å². The van der Waals surface area contributed by atoms with E-state index in [2.05, 4.69) is 21.0 Å². The van der Waals surface area contributed by atoms with Gasteiger partial charge in [0.05, 0.1) is 12.6 Å². The first-order chi connectivity index (χ1) is 9.78. The standard InChI is InChI=1S/C16H25N3O/c1-2-9-18-10-4-3-5-15(18)16(20)17-13-8-11-19(12-13)14-6-7-14/h1,13-15H,3-12H2,(H,17,20)/t13-,15+/m0/s1. The summed E-state index contributed by atoms with van der Waals surface area (Å²) in [5.74, 6) is 2.88. The zero-order valence-electron chi connectivity index (χ0n) is 12.2. The van der Waals surface area contributed by atoms with Crippen molar-refractivity contribution in [2.45, 2.75) is 56.7 Å². The van der Waals surface area contributed by atoms with Gasteiger partial charge >= 0.3 is 0 Å². The third kappa shape index (κ3) is 3.16. The number of hydrogen-bond donors (Lipinski definition) is 1. The largest absolute Gasteiger partial charge is 0.351 e. The quantitative estimate of drug-likeness (QED) is 0.772. The molecule has 1 saturated carbocycles. The fourth-order valence-corrected chi connectivity index (χ4v) is 3.57. The van der Waals surface area contributed by atoms with Crippen molar-refractivity contribution >= 4 is 5.91 Å². The van der Waals surface area contributed by atoms with Gasteiger partial charge in [0.1, 0.15) is 0 Å². The summed E-state index contributed by atoms with van der Waals surface area (Å²) in [5, 5.41) is 3.26. The number of carbonyl (C=O) groups excluding carboxylic acids is 1. The van der Waals surface area contributed by atoms with E-state index in [9.17, 15) is 4.79 Å². The highest BCUT2D eigenvalue weighted by molar-refractivity contribution is 5.82. The van der Waals surface area contributed by atoms with E-state index in [0.717, 1.165) is 51.4 Å². The number of likely N-dealkylation sites (tertiary alicyclic amines) is 2. The van der Waals surface area contributed by atoms with Gasteiger partial charge in [-0.15, -0.1) is 6.42 Å². The van der Waals surface area contributed by atoms with Crippen molar-refractivity contribution in [3.8, 4) is 12.3 Å². The fraction of sp³-hybridized carbons (Fsp3) is 0.812. The van der Waals surface area contributed by atoms with Gasteiger partial charge in [-0.25, -0.2) is 0 Å². The second-order valence-electron chi connectivity index (χ2n) is 6.41. The number of nitrogens with one attached hydrogen (secondary N) is 1. The summed E-state index contributed by atoms with van der Waals surface area (Å²) in [4.78, 5) is 17.2. The molecule has 0 aromatic heterocycles. The molecule has 2 aliphatic heterocycles. The maximum Gasteiger partial charge on any atom is 0.237 e. The average Bonchev–Trinajstić information content (AvgIpc) is 3.20. The lowest BCUT2D eigenvalue weighted by molar-refractivity contribution is -0.128. The zero-order chi connectivity index (χ0) is 13.9. The van der Waals surface area contributed by atoms with E-state index < -0.39 is 0 Å². The summed E-state index contributed by atoms with van der Waals surface area (Å²) < 4.78 is 0. The van der Waals surface area contributed by atoms with Crippen LogP contribution in [0.15, 0.2) is 0 Å². The Hall–Kier alpha value is -1.05. The van der Waals surface area contributed by atoms with Gasteiger partial charge in [0.15, 0.2) is 0 Å². The van der Waals surface area contributed by atoms with Crippen LogP contribution >= 0.6 is 0 Å². The maximum absolute atomic E-state index is 12.5. The van der Waals surface area contributed by atoms with Crippen LogP contribution in [0.5, 0.6) is 0 Å². The number of piperidine rings is 1. The van der Waals surface area contributed by atoms with Gasteiger partial charge in [-0.3, -0.25) is 14.6 Å². The normalized spacial score (nSPS) is 31.9. The van der Waals surface area contributed by atoms with Crippen LogP contribution in [-0.4, -0.2) is 60.0 Å². The smallest absolute Gasteiger partial charge is 0.237 e. The van der Waals surface area contributed by atoms with Crippen molar-refractivity contribution in [3.63, 3.8) is 0 Å². The number of nitrogens with zero attached hydrogens (tertiary/aromatic N) is 2. The molecule has 0 aromatic rings. The van der Waals surface area contributed by atoms with Crippen LogP contribution in [0.3, 0.4) is 0 Å². The Morgan fingerprint density at radius 3 is 2.80 bits per heavy atom. The molecule has 3 fully saturated rings. The molecule has 0 aromatic carbocycles. The van der Waals surface area contributed by atoms with Crippen LogP contribution < -0.4 is 5.32 Å². The van der Waals surface area contributed by atoms with Crippen molar-refractivity contribution in [1.29, 1.82) is 0 Å². The van der Waals surface area contributed by atoms with Crippen molar-refractivity contribution in [2.24, 2.45) is 0 Å². The lowest BCUT2D eigenvalue weighted by Crippen LogP contribution is -2.52. The summed E-state index contributed by atoms with van der Waals surface area (Å²) in [6.07, 6.45) is 12.5. The molecule has 2 atom stereocenters. The van der Waals surface area contributed by atoms with Crippen LogP contribution in [0, 0.1) is 12.3 Å². The van der Waals surface area contributed by atoms with Gasteiger partial charge in [-0.2, -0.15) is 0 Å². The van der Waals surface area contributed by atoms with Crippen molar-refractivity contribution in [2.75, 3.05) is 26.2 Å². The van der Waals surface area contributed by atoms with E-state index in [1.807, 2.05) is 0 Å². The SMILES string of the molecule is C#CCN1CCCC[C@@H]1C(=O)N[C@H]1CCN(C2CC2)C1. The molecule has 3 rings (SSSR count). The van der Waals surface area contributed by atoms with Gasteiger partial charge in [0.2, 0.25) is 5.91 Å². The minimum Gasteiger partial charge on any atom is -0.351 e. The summed E-state index contributed by atoms with van der Waals surface area (Å²) in [7, 11) is 0. The molecule has 2 heterocycles. The molecule has 2 saturated heterocycles. The molecule has 110 valence electrons. The average molecular weight is 275 g/mol. The third-order valence-electron chi connectivity index (χ3n) is 4.84. The molecule has 3 aliphatic rings. The molecule has 20 heavy (non-hydrogen) atoms. The molecule has 1 N–H and O–H groups in total. The van der Waals surface area contributed by atoms with Gasteiger partial charge < -0.3 is 5.32 Å². The van der Waals surface area contributed by atoms with E-state index in [-0.39, 0.29) is 11.9 Å². The van der Waals surface area contributed by atoms with Gasteiger partial charge in [-0.1, -0.05) is 12.3 Å². The van der Waals surface area contributed by atoms with E-state index in [0.29, 0.717) is 12.6 Å². The summed E-state index contributed by atoms with van der Waals surface area (Å²) in [6.45, 7) is 3.74. The molecule has 0 unspecified atom stereocenters. The monoisotopic (exact) mass is 275 g/mol. The van der Waals surface area contributed by atoms with Crippen LogP contribution in [0.25, 0.3) is 0 Å². The predicted octanol–water partition coefficient (Wildman–Crippen LogP) is 0.827. The molecule has 4 heteroatoms. The van der Waals surface area contributed by atoms with Crippen LogP contribution in [-0.2, 0) is 4.79 Å². The zero-order valence-corrected chi connectivity index (χ0v) is 12.2. The molecule has 1 amide bonds. The van der Waals surface area contributed by atoms with Crippen molar-refractivity contribution < 1.29 is 4.79 Å². The number of terminal acetylenes is 1. The minimum absolute atomic E-state index is 0.00484. The first-order valence-corrected chi connectivity index (χ1v) is 8.00. The Labute approximate surface area is 121 Å². The molecular weight excluding hydrogens is 250 g/mol. The van der Waals surface area contributed by atoms with Crippen LogP contribution in [0.2, 0.25) is 0 Å². The lowest BCUT2D eigenvalue weighted by Gasteiger charge is -2.33. The Kier molecular flexibility index (Phi) is 4.28. The van der Waals surface area contributed by atoms with Gasteiger partial charge in [-0.05, 0) is 38.6 Å². The van der Waals surface area contributed by atoms with E-state index in [4.69, 9.17) is 6.42 Å². The van der Waals surface area contributed by atoms with Crippen LogP contribution in [0.4, 0.5) is 0 Å². The number of hydrogen-bond acceptors (Lipinski definition) is 3. The first kappa shape index (κ1) is 13.9. The van der Waals surface area contributed by atoms with Gasteiger partial charge in [0, 0.05) is 25.2 Å². The number of rotatable bonds is 4. The Balaban J connectivity index is 1.51. The Morgan fingerprint density at radius 1 is 1.20 bits per heavy atom. The van der Waals surface area contributed by atoms with Crippen LogP contribution in [0.1, 0.15) is 38.5 Å². The predicted molar refractivity (Wildman–Crippen MR) is 79.2 cm³/mol. The third-order valence-corrected chi connectivity index (χ3v) is 4.84. The van der Waals surface area contributed by atoms with E-state index in [1.54, 1.807) is 0 Å². The first-order valence-electron chi connectivity index (χ1n) is 8.00. The fourth-order valence-electron chi connectivity index (χ4n) is 3.57. The molecule has 0 bridgehead atoms. The number of carbonyl (C=O) groups is 1. The highest BCUT2D eigenvalue weighted by atomic mass is 16.2. The van der Waals surface area contributed by atoms with Gasteiger partial charge in [0.25, 0.3) is 0 Å². The molecule has 0 radical (unpaired) electrons. The molecule has 0 spiro atoms. The Morgan fingerprint density at radius 2 is 2.05 bits per heavy atom. The summed E-state index contributed by atoms with van der Waals surface area (Å²) in [6, 6.07) is 1.15. The lowest BCUT2D eigenvalue weighted by atomic mass is 10.0. The number of amides is 1. The molecular formula is C16H25N3O. The van der Waals surface area contributed by atoms with Crippen molar-refractivity contribution in [3.05, 3.63) is 0 Å². The second kappa shape index (κ2) is 6.15. The van der Waals surface area contributed by atoms with E-state index >= 15 is 0 Å². The second-order valence-corrected chi connectivity index (χ2v) is 6.41. The highest BCUT2D eigenvalue weighted by Gasteiger charge is 2.36. The minimum atomic E-state index is -0.00484.